The predicted octanol–water partition coefficient (Wildman–Crippen LogP) is 1.83. The van der Waals surface area contributed by atoms with Crippen LogP contribution in [0, 0.1) is 0 Å². The van der Waals surface area contributed by atoms with Crippen molar-refractivity contribution in [3.05, 3.63) is 0 Å². The molecule has 108 valence electrons. The Morgan fingerprint density at radius 3 is 1.83 bits per heavy atom. The molecule has 0 saturated heterocycles. The number of hydrogen-bond acceptors (Lipinski definition) is 5. The van der Waals surface area contributed by atoms with Gasteiger partial charge in [-0.1, -0.05) is 0 Å². The van der Waals surface area contributed by atoms with Gasteiger partial charge in [-0.25, -0.2) is 4.79 Å². The van der Waals surface area contributed by atoms with Crippen LogP contribution >= 0.6 is 0 Å². The first kappa shape index (κ1) is 17.2. The zero-order chi connectivity index (χ0) is 14.6. The molecule has 6 nitrogen and oxygen atoms in total. The van der Waals surface area contributed by atoms with E-state index in [1.807, 2.05) is 0 Å². The van der Waals surface area contributed by atoms with Crippen LogP contribution in [-0.4, -0.2) is 57.0 Å². The van der Waals surface area contributed by atoms with E-state index in [0.717, 1.165) is 0 Å². The maximum atomic E-state index is 12.0. The van der Waals surface area contributed by atoms with Crippen molar-refractivity contribution in [2.75, 3.05) is 28.4 Å². The number of likely N-dealkylation sites (N-methyl/N-ethyl adjacent to an activating group) is 1. The molecule has 0 heterocycles. The van der Waals surface area contributed by atoms with Crippen LogP contribution in [-0.2, 0) is 18.9 Å². The van der Waals surface area contributed by atoms with Gasteiger partial charge in [0.25, 0.3) is 5.91 Å². The molecule has 0 radical (unpaired) electrons. The minimum absolute atomic E-state index is 0.481. The van der Waals surface area contributed by atoms with Crippen molar-refractivity contribution >= 4 is 6.09 Å². The van der Waals surface area contributed by atoms with Crippen LogP contribution in [0.1, 0.15) is 27.7 Å². The normalized spacial score (nSPS) is 14.2. The van der Waals surface area contributed by atoms with Gasteiger partial charge < -0.3 is 18.9 Å². The minimum Gasteiger partial charge on any atom is -0.444 e. The molecule has 0 aromatic carbocycles. The number of carbonyl (C=O) groups is 1. The largest absolute Gasteiger partial charge is 0.444 e. The number of hydrogen-bond donors (Lipinski definition) is 0. The number of ether oxygens (including phenoxy) is 4. The second kappa shape index (κ2) is 6.36. The molecule has 0 aliphatic rings. The number of nitrogens with zero attached hydrogens (tertiary/aromatic N) is 1. The first-order valence-electron chi connectivity index (χ1n) is 5.74. The highest BCUT2D eigenvalue weighted by Crippen LogP contribution is 2.24. The van der Waals surface area contributed by atoms with Crippen molar-refractivity contribution in [1.82, 2.24) is 4.90 Å². The van der Waals surface area contributed by atoms with Gasteiger partial charge in [0.2, 0.25) is 0 Å². The molecule has 0 aliphatic heterocycles. The summed E-state index contributed by atoms with van der Waals surface area (Å²) in [6.45, 7) is 7.12. The third kappa shape index (κ3) is 3.83. The molecule has 0 fully saturated rings. The van der Waals surface area contributed by atoms with Gasteiger partial charge in [-0.05, 0) is 27.7 Å². The molecule has 1 unspecified atom stereocenters. The zero-order valence-electron chi connectivity index (χ0n) is 12.6. The number of rotatable bonds is 5. The lowest BCUT2D eigenvalue weighted by Gasteiger charge is -2.42. The highest BCUT2D eigenvalue weighted by Gasteiger charge is 2.45. The second-order valence-corrected chi connectivity index (χ2v) is 4.96. The molecule has 18 heavy (non-hydrogen) atoms. The summed E-state index contributed by atoms with van der Waals surface area (Å²) in [5.74, 6) is -1.32. The average Bonchev–Trinajstić information content (AvgIpc) is 2.28. The van der Waals surface area contributed by atoms with E-state index < -0.39 is 23.7 Å². The van der Waals surface area contributed by atoms with Crippen molar-refractivity contribution in [3.8, 4) is 0 Å². The van der Waals surface area contributed by atoms with Gasteiger partial charge in [-0.15, -0.1) is 0 Å². The fourth-order valence-electron chi connectivity index (χ4n) is 1.57. The third-order valence-corrected chi connectivity index (χ3v) is 2.59. The van der Waals surface area contributed by atoms with E-state index >= 15 is 0 Å². The van der Waals surface area contributed by atoms with Gasteiger partial charge in [0.05, 0.1) is 0 Å². The summed E-state index contributed by atoms with van der Waals surface area (Å²) >= 11 is 0. The van der Waals surface area contributed by atoms with Crippen LogP contribution in [0.4, 0.5) is 4.79 Å². The van der Waals surface area contributed by atoms with E-state index in [1.165, 1.54) is 33.3 Å². The molecular formula is C12H25NO5. The van der Waals surface area contributed by atoms with Gasteiger partial charge >= 0.3 is 6.09 Å². The summed E-state index contributed by atoms with van der Waals surface area (Å²) in [7, 11) is 5.94. The Morgan fingerprint density at radius 1 is 1.11 bits per heavy atom. The third-order valence-electron chi connectivity index (χ3n) is 2.59. The molecule has 0 aromatic rings. The van der Waals surface area contributed by atoms with Crippen molar-refractivity contribution in [3.63, 3.8) is 0 Å². The number of carbonyl (C=O) groups excluding carboxylic acids is 1. The monoisotopic (exact) mass is 263 g/mol. The van der Waals surface area contributed by atoms with E-state index in [-0.39, 0.29) is 0 Å². The van der Waals surface area contributed by atoms with Crippen LogP contribution in [0.15, 0.2) is 0 Å². The topological polar surface area (TPSA) is 57.2 Å². The van der Waals surface area contributed by atoms with E-state index in [9.17, 15) is 4.79 Å². The maximum absolute atomic E-state index is 12.0. The summed E-state index contributed by atoms with van der Waals surface area (Å²) in [5.41, 5.74) is -0.588. The van der Waals surface area contributed by atoms with Crippen molar-refractivity contribution in [2.45, 2.75) is 45.3 Å². The molecular weight excluding hydrogens is 238 g/mol. The predicted molar refractivity (Wildman–Crippen MR) is 67.2 cm³/mol. The second-order valence-electron chi connectivity index (χ2n) is 4.96. The lowest BCUT2D eigenvalue weighted by molar-refractivity contribution is -0.322. The molecule has 0 saturated carbocycles. The van der Waals surface area contributed by atoms with Crippen LogP contribution < -0.4 is 0 Å². The molecule has 0 aromatic heterocycles. The molecule has 1 atom stereocenters. The van der Waals surface area contributed by atoms with Crippen LogP contribution in [0.5, 0.6) is 0 Å². The van der Waals surface area contributed by atoms with Gasteiger partial charge in [0.15, 0.2) is 0 Å². The first-order valence-corrected chi connectivity index (χ1v) is 5.74. The van der Waals surface area contributed by atoms with E-state index in [0.29, 0.717) is 0 Å². The summed E-state index contributed by atoms with van der Waals surface area (Å²) < 4.78 is 21.1. The Bertz CT molecular complexity index is 270. The van der Waals surface area contributed by atoms with E-state index in [4.69, 9.17) is 18.9 Å². The van der Waals surface area contributed by atoms with Crippen molar-refractivity contribution < 1.29 is 23.7 Å². The Morgan fingerprint density at radius 2 is 1.56 bits per heavy atom. The van der Waals surface area contributed by atoms with E-state index in [1.54, 1.807) is 27.7 Å². The Balaban J connectivity index is 5.08. The quantitative estimate of drug-likeness (QED) is 0.708. The Hall–Kier alpha value is -0.850. The highest BCUT2D eigenvalue weighted by molar-refractivity contribution is 5.68. The minimum atomic E-state index is -1.32. The Kier molecular flexibility index (Phi) is 6.06. The smallest absolute Gasteiger partial charge is 0.414 e. The fraction of sp³-hybridized carbons (Fsp3) is 0.917. The summed E-state index contributed by atoms with van der Waals surface area (Å²) in [4.78, 5) is 13.3. The van der Waals surface area contributed by atoms with Gasteiger partial charge in [0.1, 0.15) is 11.7 Å². The van der Waals surface area contributed by atoms with Gasteiger partial charge in [-0.2, -0.15) is 0 Å². The average molecular weight is 263 g/mol. The zero-order valence-corrected chi connectivity index (χ0v) is 12.6. The number of amides is 1. The molecule has 6 heteroatoms. The lowest BCUT2D eigenvalue weighted by Crippen LogP contribution is -2.60. The number of methoxy groups -OCH3 is 3. The first-order chi connectivity index (χ1) is 8.14. The lowest BCUT2D eigenvalue weighted by atomic mass is 10.2. The highest BCUT2D eigenvalue weighted by atomic mass is 16.7. The molecule has 0 spiro atoms. The van der Waals surface area contributed by atoms with Crippen LogP contribution in [0.25, 0.3) is 0 Å². The molecule has 0 N–H and O–H groups in total. The van der Waals surface area contributed by atoms with Gasteiger partial charge in [-0.3, -0.25) is 4.90 Å². The van der Waals surface area contributed by atoms with Crippen molar-refractivity contribution in [2.24, 2.45) is 0 Å². The van der Waals surface area contributed by atoms with Crippen LogP contribution in [0.3, 0.4) is 0 Å². The molecule has 0 rings (SSSR count). The summed E-state index contributed by atoms with van der Waals surface area (Å²) in [5, 5.41) is 0. The molecule has 1 amide bonds. The molecule has 0 aliphatic carbocycles. The summed E-state index contributed by atoms with van der Waals surface area (Å²) in [6, 6.07) is 0. The van der Waals surface area contributed by atoms with E-state index in [2.05, 4.69) is 0 Å². The van der Waals surface area contributed by atoms with Crippen molar-refractivity contribution in [1.29, 1.82) is 0 Å². The van der Waals surface area contributed by atoms with Gasteiger partial charge in [0, 0.05) is 28.4 Å². The fourth-order valence-corrected chi connectivity index (χ4v) is 1.57. The maximum Gasteiger partial charge on any atom is 0.414 e. The Labute approximate surface area is 109 Å². The standard InChI is InChI=1S/C12H25NO5/c1-9(15-6)12(16-7,17-8)13(5)10(14)18-11(2,3)4/h9H,1-8H3. The molecule has 0 bridgehead atoms. The SMILES string of the molecule is COC(C)C(OC)(OC)N(C)C(=O)OC(C)(C)C. The van der Waals surface area contributed by atoms with Crippen LogP contribution in [0.2, 0.25) is 0 Å². The summed E-state index contributed by atoms with van der Waals surface area (Å²) in [6.07, 6.45) is -1.03.